The van der Waals surface area contributed by atoms with E-state index in [1.807, 2.05) is 0 Å². The number of nitrogens with zero attached hydrogens (tertiary/aromatic N) is 3. The largest absolute Gasteiger partial charge is 0.434 e. The third kappa shape index (κ3) is 3.76. The summed E-state index contributed by atoms with van der Waals surface area (Å²) in [4.78, 5) is 3.65. The molecular formula is C18H13F3N4O2S. The lowest BCUT2D eigenvalue weighted by molar-refractivity contribution is -0.142. The zero-order valence-electron chi connectivity index (χ0n) is 14.4. The number of sulfonamides is 1. The van der Waals surface area contributed by atoms with Crippen LogP contribution in [0, 0.1) is 12.0 Å². The van der Waals surface area contributed by atoms with E-state index in [0.717, 1.165) is 12.1 Å². The van der Waals surface area contributed by atoms with E-state index < -0.39 is 21.9 Å². The summed E-state index contributed by atoms with van der Waals surface area (Å²) in [7, 11) is -3.98. The number of benzene rings is 1. The minimum Gasteiger partial charge on any atom is -0.265 e. The monoisotopic (exact) mass is 406 g/mol. The van der Waals surface area contributed by atoms with Crippen molar-refractivity contribution in [2.45, 2.75) is 18.0 Å². The summed E-state index contributed by atoms with van der Waals surface area (Å²) >= 11 is 0. The van der Waals surface area contributed by atoms with Crippen molar-refractivity contribution in [2.75, 3.05) is 0 Å². The van der Waals surface area contributed by atoms with E-state index in [0.29, 0.717) is 10.2 Å². The lowest BCUT2D eigenvalue weighted by atomic mass is 9.99. The van der Waals surface area contributed by atoms with Crippen LogP contribution in [-0.4, -0.2) is 23.2 Å². The first-order chi connectivity index (χ1) is 13.1. The summed E-state index contributed by atoms with van der Waals surface area (Å²) < 4.78 is 65.0. The Morgan fingerprint density at radius 2 is 1.64 bits per heavy atom. The van der Waals surface area contributed by atoms with Gasteiger partial charge in [-0.05, 0) is 36.8 Å². The summed E-state index contributed by atoms with van der Waals surface area (Å²) in [5.41, 5.74) is -0.710. The zero-order chi connectivity index (χ0) is 20.5. The number of aromatic nitrogens is 3. The predicted molar refractivity (Wildman–Crippen MR) is 96.1 cm³/mol. The molecule has 10 heteroatoms. The molecular weight excluding hydrogens is 393 g/mol. The summed E-state index contributed by atoms with van der Waals surface area (Å²) in [6, 6.07) is 10.2. The van der Waals surface area contributed by atoms with Crippen LogP contribution >= 0.6 is 0 Å². The molecule has 144 valence electrons. The van der Waals surface area contributed by atoms with Crippen molar-refractivity contribution >= 4 is 10.0 Å². The Balaban J connectivity index is 2.35. The molecule has 6 nitrogen and oxygen atoms in total. The zero-order valence-corrected chi connectivity index (χ0v) is 15.2. The topological polar surface area (TPSA) is 90.9 Å². The average molecular weight is 406 g/mol. The number of alkyl halides is 3. The van der Waals surface area contributed by atoms with Crippen LogP contribution < -0.4 is 5.14 Å². The van der Waals surface area contributed by atoms with Crippen LogP contribution in [0.25, 0.3) is 22.4 Å². The molecule has 0 amide bonds. The van der Waals surface area contributed by atoms with Crippen LogP contribution in [0.1, 0.15) is 12.6 Å². The quantitative estimate of drug-likeness (QED) is 0.677. The molecule has 2 N–H and O–H groups in total. The van der Waals surface area contributed by atoms with Gasteiger partial charge in [0, 0.05) is 29.6 Å². The molecule has 2 heterocycles. The molecule has 0 aliphatic carbocycles. The second kappa shape index (κ2) is 7.10. The summed E-state index contributed by atoms with van der Waals surface area (Å²) in [5, 5.41) is 9.10. The highest BCUT2D eigenvalue weighted by atomic mass is 32.2. The first kappa shape index (κ1) is 19.6. The minimum absolute atomic E-state index is 0.0424. The fourth-order valence-electron chi connectivity index (χ4n) is 2.66. The number of primary sulfonamides is 1. The van der Waals surface area contributed by atoms with E-state index >= 15 is 0 Å². The first-order valence-electron chi connectivity index (χ1n) is 7.79. The van der Waals surface area contributed by atoms with E-state index in [2.05, 4.69) is 22.0 Å². The van der Waals surface area contributed by atoms with Crippen molar-refractivity contribution < 1.29 is 21.6 Å². The van der Waals surface area contributed by atoms with Gasteiger partial charge in [-0.25, -0.2) is 13.6 Å². The second-order valence-electron chi connectivity index (χ2n) is 5.65. The second-order valence-corrected chi connectivity index (χ2v) is 7.21. The third-order valence-corrected chi connectivity index (χ3v) is 4.73. The van der Waals surface area contributed by atoms with Crippen molar-refractivity contribution in [1.82, 2.24) is 14.8 Å². The highest BCUT2D eigenvalue weighted by Crippen LogP contribution is 2.42. The maximum absolute atomic E-state index is 13.9. The standard InChI is InChI=1S/C18H13F3N4O2S/c1-2-11-25-17(18(19,20)21)15(16(24-25)13-7-9-23-10-8-13)12-3-5-14(6-4-12)28(22,26)27/h3-10H,1H3,(H2,22,26,27). The van der Waals surface area contributed by atoms with Gasteiger partial charge in [0.1, 0.15) is 5.69 Å². The van der Waals surface area contributed by atoms with Gasteiger partial charge < -0.3 is 0 Å². The molecule has 0 aliphatic rings. The molecule has 3 rings (SSSR count). The number of halogens is 3. The van der Waals surface area contributed by atoms with Gasteiger partial charge in [-0.1, -0.05) is 18.1 Å². The van der Waals surface area contributed by atoms with Gasteiger partial charge in [0.25, 0.3) is 0 Å². The van der Waals surface area contributed by atoms with Crippen LogP contribution in [0.15, 0.2) is 53.7 Å². The van der Waals surface area contributed by atoms with Crippen molar-refractivity contribution in [3.8, 4) is 34.3 Å². The van der Waals surface area contributed by atoms with Gasteiger partial charge >= 0.3 is 6.18 Å². The van der Waals surface area contributed by atoms with Crippen LogP contribution in [-0.2, 0) is 16.2 Å². The Morgan fingerprint density at radius 1 is 1.04 bits per heavy atom. The Kier molecular flexibility index (Phi) is 4.97. The Bertz CT molecular complexity index is 1170. The Morgan fingerprint density at radius 3 is 2.14 bits per heavy atom. The van der Waals surface area contributed by atoms with Gasteiger partial charge in [0.05, 0.1) is 4.90 Å². The van der Waals surface area contributed by atoms with Crippen molar-refractivity contribution in [3.63, 3.8) is 0 Å². The van der Waals surface area contributed by atoms with Crippen molar-refractivity contribution in [2.24, 2.45) is 5.14 Å². The molecule has 3 aromatic rings. The van der Waals surface area contributed by atoms with E-state index in [1.165, 1.54) is 43.6 Å². The number of hydrogen-bond donors (Lipinski definition) is 1. The number of hydrogen-bond acceptors (Lipinski definition) is 4. The maximum Gasteiger partial charge on any atom is 0.434 e. The van der Waals surface area contributed by atoms with Gasteiger partial charge in [-0.2, -0.15) is 23.0 Å². The molecule has 0 unspecified atom stereocenters. The van der Waals surface area contributed by atoms with E-state index in [9.17, 15) is 21.6 Å². The average Bonchev–Trinajstić information content (AvgIpc) is 3.02. The summed E-state index contributed by atoms with van der Waals surface area (Å²) in [5.74, 6) is 2.41. The molecule has 0 aliphatic heterocycles. The predicted octanol–water partition coefficient (Wildman–Crippen LogP) is 3.11. The van der Waals surface area contributed by atoms with Gasteiger partial charge in [0.15, 0.2) is 5.69 Å². The normalized spacial score (nSPS) is 11.8. The van der Waals surface area contributed by atoms with Crippen LogP contribution in [0.5, 0.6) is 0 Å². The summed E-state index contributed by atoms with van der Waals surface area (Å²) in [6.07, 6.45) is -1.89. The molecule has 0 spiro atoms. The lowest BCUT2D eigenvalue weighted by Gasteiger charge is -2.11. The number of pyridine rings is 1. The Labute approximate surface area is 158 Å². The fourth-order valence-corrected chi connectivity index (χ4v) is 3.18. The molecule has 28 heavy (non-hydrogen) atoms. The molecule has 0 fully saturated rings. The Hall–Kier alpha value is -3.16. The molecule has 0 bridgehead atoms. The molecule has 0 atom stereocenters. The van der Waals surface area contributed by atoms with Crippen LogP contribution in [0.2, 0.25) is 0 Å². The SMILES string of the molecule is CC#Cn1nc(-c2ccncc2)c(-c2ccc(S(N)(=O)=O)cc2)c1C(F)(F)F. The molecule has 2 aromatic heterocycles. The number of nitrogens with two attached hydrogens (primary N) is 1. The first-order valence-corrected chi connectivity index (χ1v) is 9.34. The molecule has 0 saturated carbocycles. The molecule has 0 saturated heterocycles. The van der Waals surface area contributed by atoms with Crippen LogP contribution in [0.4, 0.5) is 13.2 Å². The molecule has 1 aromatic carbocycles. The molecule has 0 radical (unpaired) electrons. The maximum atomic E-state index is 13.9. The summed E-state index contributed by atoms with van der Waals surface area (Å²) in [6.45, 7) is 1.40. The highest BCUT2D eigenvalue weighted by molar-refractivity contribution is 7.89. The van der Waals surface area contributed by atoms with Gasteiger partial charge in [-0.15, -0.1) is 0 Å². The van der Waals surface area contributed by atoms with Crippen molar-refractivity contribution in [1.29, 1.82) is 0 Å². The third-order valence-electron chi connectivity index (χ3n) is 3.80. The fraction of sp³-hybridized carbons (Fsp3) is 0.111. The van der Waals surface area contributed by atoms with Crippen LogP contribution in [0.3, 0.4) is 0 Å². The highest BCUT2D eigenvalue weighted by Gasteiger charge is 2.40. The smallest absolute Gasteiger partial charge is 0.265 e. The van der Waals surface area contributed by atoms with Crippen molar-refractivity contribution in [3.05, 3.63) is 54.5 Å². The van der Waals surface area contributed by atoms with E-state index in [1.54, 1.807) is 0 Å². The lowest BCUT2D eigenvalue weighted by Crippen LogP contribution is -2.13. The van der Waals surface area contributed by atoms with E-state index in [-0.39, 0.29) is 21.7 Å². The van der Waals surface area contributed by atoms with Gasteiger partial charge in [0.2, 0.25) is 10.0 Å². The number of rotatable bonds is 3. The van der Waals surface area contributed by atoms with Gasteiger partial charge in [-0.3, -0.25) is 4.98 Å². The minimum atomic E-state index is -4.75. The van der Waals surface area contributed by atoms with E-state index in [4.69, 9.17) is 5.14 Å².